The van der Waals surface area contributed by atoms with Crippen LogP contribution >= 0.6 is 0 Å². The van der Waals surface area contributed by atoms with E-state index in [0.717, 1.165) is 5.56 Å². The van der Waals surface area contributed by atoms with E-state index in [-0.39, 0.29) is 17.1 Å². The first-order chi connectivity index (χ1) is 11.7. The van der Waals surface area contributed by atoms with Gasteiger partial charge in [0.15, 0.2) is 5.82 Å². The fourth-order valence-electron chi connectivity index (χ4n) is 2.43. The van der Waals surface area contributed by atoms with E-state index in [1.54, 1.807) is 31.2 Å². The Hall–Kier alpha value is -2.43. The van der Waals surface area contributed by atoms with Crippen molar-refractivity contribution in [2.75, 3.05) is 10.6 Å². The highest BCUT2D eigenvalue weighted by atomic mass is 19.1. The molecule has 0 saturated carbocycles. The lowest BCUT2D eigenvalue weighted by molar-refractivity contribution is -0.117. The van der Waals surface area contributed by atoms with Gasteiger partial charge in [-0.3, -0.25) is 4.79 Å². The molecule has 0 spiro atoms. The molecule has 0 aliphatic carbocycles. The normalized spacial score (nSPS) is 11.3. The van der Waals surface area contributed by atoms with Crippen molar-refractivity contribution in [1.82, 2.24) is 0 Å². The van der Waals surface area contributed by atoms with Gasteiger partial charge in [-0.2, -0.15) is 0 Å². The number of anilines is 2. The number of hydrogen-bond acceptors (Lipinski definition) is 2. The third kappa shape index (κ3) is 5.55. The summed E-state index contributed by atoms with van der Waals surface area (Å²) in [5.41, 5.74) is 1.91. The third-order valence-electron chi connectivity index (χ3n) is 3.75. The quantitative estimate of drug-likeness (QED) is 0.775. The molecule has 0 fully saturated rings. The molecule has 0 unspecified atom stereocenters. The van der Waals surface area contributed by atoms with Crippen molar-refractivity contribution in [2.45, 2.75) is 40.7 Å². The van der Waals surface area contributed by atoms with Crippen molar-refractivity contribution in [2.24, 2.45) is 5.41 Å². The fraction of sp³-hybridized carbons (Fsp3) is 0.350. The first kappa shape index (κ1) is 18.9. The van der Waals surface area contributed by atoms with Gasteiger partial charge in [-0.05, 0) is 42.2 Å². The molecular weight excluding hydrogens is 322 g/mol. The Labute approximate surface area is 147 Å². The lowest BCUT2D eigenvalue weighted by atomic mass is 9.92. The summed E-state index contributed by atoms with van der Waals surface area (Å²) in [6.45, 7) is 7.94. The summed E-state index contributed by atoms with van der Waals surface area (Å²) in [5, 5.41) is 5.76. The van der Waals surface area contributed by atoms with Crippen LogP contribution in [-0.4, -0.2) is 5.91 Å². The number of benzene rings is 2. The molecule has 1 amide bonds. The van der Waals surface area contributed by atoms with E-state index >= 15 is 0 Å². The van der Waals surface area contributed by atoms with Crippen molar-refractivity contribution in [3.8, 4) is 0 Å². The van der Waals surface area contributed by atoms with Crippen molar-refractivity contribution < 1.29 is 13.6 Å². The average molecular weight is 346 g/mol. The molecule has 134 valence electrons. The topological polar surface area (TPSA) is 41.1 Å². The van der Waals surface area contributed by atoms with Crippen LogP contribution in [0.1, 0.15) is 38.3 Å². The van der Waals surface area contributed by atoms with Gasteiger partial charge in [0.25, 0.3) is 0 Å². The van der Waals surface area contributed by atoms with E-state index in [4.69, 9.17) is 0 Å². The zero-order valence-electron chi connectivity index (χ0n) is 15.0. The summed E-state index contributed by atoms with van der Waals surface area (Å²) >= 11 is 0. The van der Waals surface area contributed by atoms with Crippen molar-refractivity contribution in [1.29, 1.82) is 0 Å². The molecule has 2 aromatic carbocycles. The molecular formula is C20H24F2N2O. The lowest BCUT2D eigenvalue weighted by Crippen LogP contribution is -2.20. The van der Waals surface area contributed by atoms with Gasteiger partial charge in [-0.25, -0.2) is 8.78 Å². The monoisotopic (exact) mass is 346 g/mol. The molecule has 5 heteroatoms. The largest absolute Gasteiger partial charge is 0.379 e. The molecule has 2 N–H and O–H groups in total. The Morgan fingerprint density at radius 2 is 1.60 bits per heavy atom. The van der Waals surface area contributed by atoms with Crippen LogP contribution in [0.2, 0.25) is 0 Å². The van der Waals surface area contributed by atoms with Gasteiger partial charge in [0.2, 0.25) is 5.91 Å². The highest BCUT2D eigenvalue weighted by molar-refractivity contribution is 5.92. The molecule has 0 atom stereocenters. The minimum Gasteiger partial charge on any atom is -0.379 e. The highest BCUT2D eigenvalue weighted by Crippen LogP contribution is 2.27. The summed E-state index contributed by atoms with van der Waals surface area (Å²) in [7, 11) is 0. The summed E-state index contributed by atoms with van der Waals surface area (Å²) in [4.78, 5) is 12.0. The van der Waals surface area contributed by atoms with E-state index in [9.17, 15) is 13.6 Å². The third-order valence-corrected chi connectivity index (χ3v) is 3.75. The average Bonchev–Trinajstić information content (AvgIpc) is 2.51. The zero-order valence-corrected chi connectivity index (χ0v) is 15.0. The van der Waals surface area contributed by atoms with Gasteiger partial charge >= 0.3 is 0 Å². The first-order valence-electron chi connectivity index (χ1n) is 8.23. The van der Waals surface area contributed by atoms with Crippen LogP contribution in [0.5, 0.6) is 0 Å². The van der Waals surface area contributed by atoms with Crippen LogP contribution < -0.4 is 10.6 Å². The Morgan fingerprint density at radius 1 is 1.00 bits per heavy atom. The van der Waals surface area contributed by atoms with E-state index in [0.29, 0.717) is 29.9 Å². The Balaban J connectivity index is 2.06. The van der Waals surface area contributed by atoms with Crippen LogP contribution in [0.15, 0.2) is 36.4 Å². The van der Waals surface area contributed by atoms with E-state index < -0.39 is 5.82 Å². The minimum atomic E-state index is -0.407. The first-order valence-corrected chi connectivity index (χ1v) is 8.23. The fourth-order valence-corrected chi connectivity index (χ4v) is 2.43. The maximum Gasteiger partial charge on any atom is 0.224 e. The van der Waals surface area contributed by atoms with Crippen molar-refractivity contribution in [3.05, 3.63) is 59.2 Å². The van der Waals surface area contributed by atoms with Crippen LogP contribution in [0.4, 0.5) is 20.2 Å². The van der Waals surface area contributed by atoms with E-state index in [1.165, 1.54) is 12.1 Å². The summed E-state index contributed by atoms with van der Waals surface area (Å²) in [5.74, 6) is -0.848. The number of amides is 1. The number of carbonyl (C=O) groups is 1. The zero-order chi connectivity index (χ0) is 18.6. The molecule has 3 nitrogen and oxygen atoms in total. The minimum absolute atomic E-state index is 0.132. The van der Waals surface area contributed by atoms with Gasteiger partial charge in [0, 0.05) is 24.2 Å². The second-order valence-electron chi connectivity index (χ2n) is 7.37. The van der Waals surface area contributed by atoms with Crippen LogP contribution in [0.25, 0.3) is 0 Å². The van der Waals surface area contributed by atoms with E-state index in [2.05, 4.69) is 10.6 Å². The molecule has 0 heterocycles. The second-order valence-corrected chi connectivity index (χ2v) is 7.37. The summed E-state index contributed by atoms with van der Waals surface area (Å²) in [6.07, 6.45) is 0.360. The predicted molar refractivity (Wildman–Crippen MR) is 97.6 cm³/mol. The van der Waals surface area contributed by atoms with Gasteiger partial charge in [0.05, 0.1) is 5.69 Å². The predicted octanol–water partition coefficient (Wildman–Crippen LogP) is 5.26. The second kappa shape index (κ2) is 7.64. The standard InChI is InChI=1S/C20H24F2N2O/c1-13-16(24-18(25)11-20(2,3)4)9-10-17(19(13)22)23-12-14-5-7-15(21)8-6-14/h5-10,23H,11-12H2,1-4H3,(H,24,25). The number of nitrogens with one attached hydrogen (secondary N) is 2. The maximum absolute atomic E-state index is 14.5. The van der Waals surface area contributed by atoms with Crippen molar-refractivity contribution >= 4 is 17.3 Å². The van der Waals surface area contributed by atoms with Crippen LogP contribution in [0.3, 0.4) is 0 Å². The molecule has 0 aromatic heterocycles. The Bertz CT molecular complexity index is 750. The van der Waals surface area contributed by atoms with Gasteiger partial charge in [-0.1, -0.05) is 32.9 Å². The number of rotatable bonds is 5. The highest BCUT2D eigenvalue weighted by Gasteiger charge is 2.17. The molecule has 2 rings (SSSR count). The molecule has 0 aliphatic heterocycles. The molecule has 0 saturated heterocycles. The molecule has 0 aliphatic rings. The lowest BCUT2D eigenvalue weighted by Gasteiger charge is -2.18. The number of carbonyl (C=O) groups excluding carboxylic acids is 1. The van der Waals surface area contributed by atoms with Gasteiger partial charge in [0.1, 0.15) is 5.82 Å². The Morgan fingerprint density at radius 3 is 2.20 bits per heavy atom. The number of hydrogen-bond donors (Lipinski definition) is 2. The van der Waals surface area contributed by atoms with Crippen molar-refractivity contribution in [3.63, 3.8) is 0 Å². The SMILES string of the molecule is Cc1c(NC(=O)CC(C)(C)C)ccc(NCc2ccc(F)cc2)c1F. The summed E-state index contributed by atoms with van der Waals surface area (Å²) in [6, 6.07) is 9.31. The van der Waals surface area contributed by atoms with Gasteiger partial charge < -0.3 is 10.6 Å². The van der Waals surface area contributed by atoms with E-state index in [1.807, 2.05) is 20.8 Å². The van der Waals surface area contributed by atoms with Crippen LogP contribution in [0, 0.1) is 24.0 Å². The molecule has 0 radical (unpaired) electrons. The molecule has 2 aromatic rings. The smallest absolute Gasteiger partial charge is 0.224 e. The summed E-state index contributed by atoms with van der Waals surface area (Å²) < 4.78 is 27.4. The molecule has 25 heavy (non-hydrogen) atoms. The number of halogens is 2. The van der Waals surface area contributed by atoms with Crippen LogP contribution in [-0.2, 0) is 11.3 Å². The maximum atomic E-state index is 14.5. The van der Waals surface area contributed by atoms with Gasteiger partial charge in [-0.15, -0.1) is 0 Å². The molecule has 0 bridgehead atoms. The Kier molecular flexibility index (Phi) is 5.77.